The zero-order chi connectivity index (χ0) is 14.4. The summed E-state index contributed by atoms with van der Waals surface area (Å²) in [5.74, 6) is 0.964. The monoisotopic (exact) mass is 295 g/mol. The summed E-state index contributed by atoms with van der Waals surface area (Å²) in [6.07, 6.45) is 6.72. The van der Waals surface area contributed by atoms with Crippen LogP contribution in [0.15, 0.2) is 23.1 Å². The Bertz CT molecular complexity index is 423. The molecule has 1 heterocycles. The van der Waals surface area contributed by atoms with E-state index in [-0.39, 0.29) is 6.61 Å². The Balaban J connectivity index is 2.07. The molecule has 1 aromatic carbocycles. The van der Waals surface area contributed by atoms with Crippen molar-refractivity contribution in [1.82, 2.24) is 4.90 Å². The van der Waals surface area contributed by atoms with Crippen LogP contribution in [0, 0.1) is 0 Å². The number of hydrogen-bond donors (Lipinski definition) is 1. The summed E-state index contributed by atoms with van der Waals surface area (Å²) in [6, 6.07) is 7.01. The summed E-state index contributed by atoms with van der Waals surface area (Å²) in [5.41, 5.74) is 1.30. The molecule has 1 fully saturated rings. The third kappa shape index (κ3) is 3.90. The molecule has 1 aliphatic heterocycles. The molecule has 2 rings (SSSR count). The lowest BCUT2D eigenvalue weighted by Crippen LogP contribution is -2.39. The van der Waals surface area contributed by atoms with Gasteiger partial charge in [0.1, 0.15) is 5.75 Å². The lowest BCUT2D eigenvalue weighted by Gasteiger charge is -2.35. The van der Waals surface area contributed by atoms with Crippen LogP contribution in [0.1, 0.15) is 31.2 Å². The second kappa shape index (κ2) is 7.91. The third-order valence-electron chi connectivity index (χ3n) is 4.05. The minimum absolute atomic E-state index is 0.288. The molecule has 1 saturated heterocycles. The molecule has 112 valence electrons. The molecule has 4 heteroatoms. The molecule has 3 nitrogen and oxygen atoms in total. The first-order valence-corrected chi connectivity index (χ1v) is 8.56. The van der Waals surface area contributed by atoms with E-state index in [1.165, 1.54) is 29.7 Å². The number of likely N-dealkylation sites (tertiary alicyclic amines) is 1. The van der Waals surface area contributed by atoms with E-state index in [0.717, 1.165) is 25.3 Å². The van der Waals surface area contributed by atoms with Gasteiger partial charge in [0.25, 0.3) is 0 Å². The van der Waals surface area contributed by atoms with Crippen molar-refractivity contribution < 1.29 is 9.84 Å². The molecule has 20 heavy (non-hydrogen) atoms. The van der Waals surface area contributed by atoms with Crippen molar-refractivity contribution in [3.63, 3.8) is 0 Å². The molecular formula is C16H25NO2S. The standard InChI is InChI=1S/C16H25NO2S/c1-19-15-11-13(6-7-16(15)20-2)12-17-9-4-3-5-14(17)8-10-18/h6-7,11,14,18H,3-5,8-10,12H2,1-2H3. The first-order chi connectivity index (χ1) is 9.78. The third-order valence-corrected chi connectivity index (χ3v) is 4.82. The van der Waals surface area contributed by atoms with Crippen molar-refractivity contribution in [3.8, 4) is 5.75 Å². The second-order valence-electron chi connectivity index (χ2n) is 5.32. The quantitative estimate of drug-likeness (QED) is 0.817. The number of rotatable bonds is 6. The fraction of sp³-hybridized carbons (Fsp3) is 0.625. The highest BCUT2D eigenvalue weighted by Crippen LogP contribution is 2.30. The van der Waals surface area contributed by atoms with Crippen LogP contribution in [-0.2, 0) is 6.54 Å². The Morgan fingerprint density at radius 1 is 1.40 bits per heavy atom. The van der Waals surface area contributed by atoms with Gasteiger partial charge in [-0.05, 0) is 49.8 Å². The largest absolute Gasteiger partial charge is 0.496 e. The van der Waals surface area contributed by atoms with Crippen molar-refractivity contribution in [2.75, 3.05) is 26.5 Å². The van der Waals surface area contributed by atoms with Crippen molar-refractivity contribution in [2.45, 2.75) is 43.2 Å². The van der Waals surface area contributed by atoms with E-state index < -0.39 is 0 Å². The van der Waals surface area contributed by atoms with Gasteiger partial charge in [0, 0.05) is 24.1 Å². The smallest absolute Gasteiger partial charge is 0.132 e. The number of thioether (sulfide) groups is 1. The van der Waals surface area contributed by atoms with Crippen LogP contribution in [0.25, 0.3) is 0 Å². The maximum atomic E-state index is 9.20. The Labute approximate surface area is 126 Å². The fourth-order valence-corrected chi connectivity index (χ4v) is 3.51. The minimum Gasteiger partial charge on any atom is -0.496 e. The Morgan fingerprint density at radius 2 is 2.25 bits per heavy atom. The fourth-order valence-electron chi connectivity index (χ4n) is 2.96. The molecule has 1 atom stereocenters. The molecule has 1 aliphatic rings. The molecular weight excluding hydrogens is 270 g/mol. The van der Waals surface area contributed by atoms with Gasteiger partial charge in [0.05, 0.1) is 7.11 Å². The number of aliphatic hydroxyl groups is 1. The topological polar surface area (TPSA) is 32.7 Å². The van der Waals surface area contributed by atoms with Crippen LogP contribution in [0.2, 0.25) is 0 Å². The van der Waals surface area contributed by atoms with E-state index in [1.54, 1.807) is 18.9 Å². The maximum absolute atomic E-state index is 9.20. The summed E-state index contributed by atoms with van der Waals surface area (Å²) in [6.45, 7) is 2.38. The Hall–Kier alpha value is -0.710. The van der Waals surface area contributed by atoms with Crippen LogP contribution >= 0.6 is 11.8 Å². The van der Waals surface area contributed by atoms with Crippen LogP contribution in [0.4, 0.5) is 0 Å². The minimum atomic E-state index is 0.288. The summed E-state index contributed by atoms with van der Waals surface area (Å²) in [4.78, 5) is 3.69. The summed E-state index contributed by atoms with van der Waals surface area (Å²) < 4.78 is 5.46. The van der Waals surface area contributed by atoms with Gasteiger partial charge in [-0.15, -0.1) is 11.8 Å². The average Bonchev–Trinajstić information content (AvgIpc) is 2.49. The molecule has 1 unspecified atom stereocenters. The number of ether oxygens (including phenoxy) is 1. The summed E-state index contributed by atoms with van der Waals surface area (Å²) in [5, 5.41) is 9.20. The van der Waals surface area contributed by atoms with Crippen LogP contribution in [0.5, 0.6) is 5.75 Å². The Kier molecular flexibility index (Phi) is 6.20. The number of nitrogens with zero attached hydrogens (tertiary/aromatic N) is 1. The van der Waals surface area contributed by atoms with Gasteiger partial charge in [0.15, 0.2) is 0 Å². The van der Waals surface area contributed by atoms with Crippen LogP contribution in [-0.4, -0.2) is 42.6 Å². The lowest BCUT2D eigenvalue weighted by atomic mass is 9.99. The van der Waals surface area contributed by atoms with E-state index in [0.29, 0.717) is 6.04 Å². The SMILES string of the molecule is COc1cc(CN2CCCCC2CCO)ccc1SC. The molecule has 0 aromatic heterocycles. The molecule has 0 aliphatic carbocycles. The van der Waals surface area contributed by atoms with Crippen molar-refractivity contribution in [1.29, 1.82) is 0 Å². The number of hydrogen-bond acceptors (Lipinski definition) is 4. The van der Waals surface area contributed by atoms with Gasteiger partial charge >= 0.3 is 0 Å². The van der Waals surface area contributed by atoms with Crippen molar-refractivity contribution >= 4 is 11.8 Å². The number of methoxy groups -OCH3 is 1. The molecule has 0 amide bonds. The van der Waals surface area contributed by atoms with Gasteiger partial charge < -0.3 is 9.84 Å². The molecule has 1 aromatic rings. The summed E-state index contributed by atoms with van der Waals surface area (Å²) >= 11 is 1.71. The molecule has 0 spiro atoms. The van der Waals surface area contributed by atoms with Gasteiger partial charge in [-0.1, -0.05) is 12.5 Å². The zero-order valence-corrected chi connectivity index (χ0v) is 13.3. The van der Waals surface area contributed by atoms with Gasteiger partial charge in [-0.3, -0.25) is 4.90 Å². The van der Waals surface area contributed by atoms with Crippen LogP contribution in [0.3, 0.4) is 0 Å². The predicted octanol–water partition coefficient (Wildman–Crippen LogP) is 3.15. The van der Waals surface area contributed by atoms with E-state index in [9.17, 15) is 5.11 Å². The highest BCUT2D eigenvalue weighted by Gasteiger charge is 2.22. The summed E-state index contributed by atoms with van der Waals surface area (Å²) in [7, 11) is 1.73. The lowest BCUT2D eigenvalue weighted by molar-refractivity contribution is 0.112. The number of benzene rings is 1. The predicted molar refractivity (Wildman–Crippen MR) is 84.5 cm³/mol. The van der Waals surface area contributed by atoms with E-state index in [2.05, 4.69) is 29.4 Å². The highest BCUT2D eigenvalue weighted by atomic mass is 32.2. The van der Waals surface area contributed by atoms with E-state index >= 15 is 0 Å². The highest BCUT2D eigenvalue weighted by molar-refractivity contribution is 7.98. The molecule has 0 bridgehead atoms. The molecule has 1 N–H and O–H groups in total. The molecule has 0 radical (unpaired) electrons. The first-order valence-electron chi connectivity index (χ1n) is 7.34. The van der Waals surface area contributed by atoms with Crippen LogP contribution < -0.4 is 4.74 Å². The van der Waals surface area contributed by atoms with Gasteiger partial charge in [0.2, 0.25) is 0 Å². The number of piperidine rings is 1. The zero-order valence-electron chi connectivity index (χ0n) is 12.5. The van der Waals surface area contributed by atoms with Crippen molar-refractivity contribution in [3.05, 3.63) is 23.8 Å². The van der Waals surface area contributed by atoms with Gasteiger partial charge in [-0.2, -0.15) is 0 Å². The Morgan fingerprint density at radius 3 is 2.95 bits per heavy atom. The number of aliphatic hydroxyl groups excluding tert-OH is 1. The first kappa shape index (κ1) is 15.7. The van der Waals surface area contributed by atoms with E-state index in [1.807, 2.05) is 0 Å². The van der Waals surface area contributed by atoms with E-state index in [4.69, 9.17) is 4.74 Å². The van der Waals surface area contributed by atoms with Crippen molar-refractivity contribution in [2.24, 2.45) is 0 Å². The maximum Gasteiger partial charge on any atom is 0.132 e. The average molecular weight is 295 g/mol. The second-order valence-corrected chi connectivity index (χ2v) is 6.17. The normalized spacial score (nSPS) is 20.1. The molecule has 0 saturated carbocycles. The van der Waals surface area contributed by atoms with Gasteiger partial charge in [-0.25, -0.2) is 0 Å².